The molecule has 100 valence electrons. The second-order valence-electron chi connectivity index (χ2n) is 4.95. The Bertz CT molecular complexity index is 544. The standard InChI is InChI=1S/C16H17FO2/c1-16(2,18)15-13(17)9-6-10-14(15)19-11-12-7-4-3-5-8-12/h3-10,18H,11H2,1-2H3. The molecule has 2 nitrogen and oxygen atoms in total. The van der Waals surface area contributed by atoms with Gasteiger partial charge in [0.1, 0.15) is 18.2 Å². The normalized spacial score (nSPS) is 11.4. The van der Waals surface area contributed by atoms with Gasteiger partial charge in [-0.2, -0.15) is 0 Å². The van der Waals surface area contributed by atoms with Gasteiger partial charge in [0.25, 0.3) is 0 Å². The first kappa shape index (κ1) is 13.6. The van der Waals surface area contributed by atoms with Gasteiger partial charge in [-0.05, 0) is 31.5 Å². The molecular formula is C16H17FO2. The lowest BCUT2D eigenvalue weighted by atomic mass is 9.97. The first-order valence-electron chi connectivity index (χ1n) is 6.16. The lowest BCUT2D eigenvalue weighted by Crippen LogP contribution is -2.19. The van der Waals surface area contributed by atoms with Crippen molar-refractivity contribution in [3.05, 3.63) is 65.5 Å². The fraction of sp³-hybridized carbons (Fsp3) is 0.250. The molecule has 0 aliphatic heterocycles. The second kappa shape index (κ2) is 5.41. The van der Waals surface area contributed by atoms with Crippen molar-refractivity contribution in [2.75, 3.05) is 0 Å². The predicted octanol–water partition coefficient (Wildman–Crippen LogP) is 3.63. The van der Waals surface area contributed by atoms with Crippen LogP contribution in [0.15, 0.2) is 48.5 Å². The smallest absolute Gasteiger partial charge is 0.132 e. The van der Waals surface area contributed by atoms with Crippen LogP contribution in [-0.4, -0.2) is 5.11 Å². The average Bonchev–Trinajstić information content (AvgIpc) is 2.36. The summed E-state index contributed by atoms with van der Waals surface area (Å²) in [6.07, 6.45) is 0. The van der Waals surface area contributed by atoms with Crippen molar-refractivity contribution in [3.63, 3.8) is 0 Å². The molecular weight excluding hydrogens is 243 g/mol. The summed E-state index contributed by atoms with van der Waals surface area (Å²) in [5.74, 6) is -0.0885. The van der Waals surface area contributed by atoms with Crippen LogP contribution in [0.3, 0.4) is 0 Å². The first-order chi connectivity index (χ1) is 8.98. The number of aliphatic hydroxyl groups is 1. The zero-order valence-electron chi connectivity index (χ0n) is 11.1. The predicted molar refractivity (Wildman–Crippen MR) is 72.4 cm³/mol. The first-order valence-corrected chi connectivity index (χ1v) is 6.16. The van der Waals surface area contributed by atoms with Gasteiger partial charge in [-0.15, -0.1) is 0 Å². The number of hydrogen-bond acceptors (Lipinski definition) is 2. The van der Waals surface area contributed by atoms with E-state index in [1.54, 1.807) is 26.0 Å². The molecule has 2 rings (SSSR count). The van der Waals surface area contributed by atoms with Gasteiger partial charge < -0.3 is 9.84 Å². The van der Waals surface area contributed by atoms with Crippen molar-refractivity contribution < 1.29 is 14.2 Å². The molecule has 0 heterocycles. The van der Waals surface area contributed by atoms with Gasteiger partial charge in [0.15, 0.2) is 0 Å². The topological polar surface area (TPSA) is 29.5 Å². The summed E-state index contributed by atoms with van der Waals surface area (Å²) in [5, 5.41) is 10.0. The molecule has 0 atom stereocenters. The lowest BCUT2D eigenvalue weighted by molar-refractivity contribution is 0.0701. The van der Waals surface area contributed by atoms with Crippen LogP contribution in [0.5, 0.6) is 5.75 Å². The third-order valence-corrected chi connectivity index (χ3v) is 2.82. The van der Waals surface area contributed by atoms with Gasteiger partial charge in [0.2, 0.25) is 0 Å². The van der Waals surface area contributed by atoms with Gasteiger partial charge in [-0.1, -0.05) is 36.4 Å². The zero-order chi connectivity index (χ0) is 13.9. The highest BCUT2D eigenvalue weighted by molar-refractivity contribution is 5.38. The molecule has 0 aromatic heterocycles. The lowest BCUT2D eigenvalue weighted by Gasteiger charge is -2.22. The number of hydrogen-bond donors (Lipinski definition) is 1. The van der Waals surface area contributed by atoms with Crippen molar-refractivity contribution in [1.29, 1.82) is 0 Å². The maximum Gasteiger partial charge on any atom is 0.132 e. The van der Waals surface area contributed by atoms with E-state index in [9.17, 15) is 9.50 Å². The molecule has 0 unspecified atom stereocenters. The molecule has 2 aromatic rings. The molecule has 0 aliphatic carbocycles. The van der Waals surface area contributed by atoms with Crippen LogP contribution in [-0.2, 0) is 12.2 Å². The SMILES string of the molecule is CC(C)(O)c1c(F)cccc1OCc1ccccc1. The Kier molecular flexibility index (Phi) is 3.86. The minimum Gasteiger partial charge on any atom is -0.488 e. The minimum atomic E-state index is -1.28. The fourth-order valence-corrected chi connectivity index (χ4v) is 1.95. The van der Waals surface area contributed by atoms with Crippen molar-refractivity contribution in [2.24, 2.45) is 0 Å². The van der Waals surface area contributed by atoms with E-state index in [2.05, 4.69) is 0 Å². The molecule has 0 saturated heterocycles. The number of benzene rings is 2. The minimum absolute atomic E-state index is 0.186. The Morgan fingerprint density at radius 3 is 2.37 bits per heavy atom. The van der Waals surface area contributed by atoms with Crippen molar-refractivity contribution in [3.8, 4) is 5.75 Å². The van der Waals surface area contributed by atoms with E-state index in [1.165, 1.54) is 6.07 Å². The summed E-state index contributed by atoms with van der Waals surface area (Å²) >= 11 is 0. The molecule has 19 heavy (non-hydrogen) atoms. The van der Waals surface area contributed by atoms with E-state index in [0.717, 1.165) is 5.56 Å². The average molecular weight is 260 g/mol. The maximum atomic E-state index is 13.8. The Hall–Kier alpha value is -1.87. The van der Waals surface area contributed by atoms with Gasteiger partial charge in [0, 0.05) is 0 Å². The van der Waals surface area contributed by atoms with Crippen LogP contribution >= 0.6 is 0 Å². The highest BCUT2D eigenvalue weighted by atomic mass is 19.1. The summed E-state index contributed by atoms with van der Waals surface area (Å²) < 4.78 is 19.5. The van der Waals surface area contributed by atoms with Crippen LogP contribution in [0.4, 0.5) is 4.39 Å². The Morgan fingerprint density at radius 1 is 1.05 bits per heavy atom. The quantitative estimate of drug-likeness (QED) is 0.909. The van der Waals surface area contributed by atoms with Crippen molar-refractivity contribution in [2.45, 2.75) is 26.1 Å². The van der Waals surface area contributed by atoms with Crippen molar-refractivity contribution in [1.82, 2.24) is 0 Å². The van der Waals surface area contributed by atoms with E-state index in [-0.39, 0.29) is 5.56 Å². The summed E-state index contributed by atoms with van der Waals surface area (Å²) in [6, 6.07) is 14.2. The van der Waals surface area contributed by atoms with Crippen LogP contribution in [0, 0.1) is 5.82 Å². The molecule has 0 radical (unpaired) electrons. The molecule has 2 aromatic carbocycles. The van der Waals surface area contributed by atoms with Gasteiger partial charge in [0.05, 0.1) is 11.2 Å². The van der Waals surface area contributed by atoms with E-state index >= 15 is 0 Å². The summed E-state index contributed by atoms with van der Waals surface area (Å²) in [5.41, 5.74) is -0.100. The highest BCUT2D eigenvalue weighted by Gasteiger charge is 2.25. The Morgan fingerprint density at radius 2 is 1.74 bits per heavy atom. The van der Waals surface area contributed by atoms with Crippen LogP contribution in [0.2, 0.25) is 0 Å². The van der Waals surface area contributed by atoms with Crippen molar-refractivity contribution >= 4 is 0 Å². The number of rotatable bonds is 4. The van der Waals surface area contributed by atoms with Gasteiger partial charge in [-0.3, -0.25) is 0 Å². The molecule has 0 spiro atoms. The largest absolute Gasteiger partial charge is 0.488 e. The van der Waals surface area contributed by atoms with Crippen LogP contribution in [0.1, 0.15) is 25.0 Å². The monoisotopic (exact) mass is 260 g/mol. The van der Waals surface area contributed by atoms with Crippen LogP contribution in [0.25, 0.3) is 0 Å². The number of halogens is 1. The Balaban J connectivity index is 2.24. The fourth-order valence-electron chi connectivity index (χ4n) is 1.95. The Labute approximate surface area is 112 Å². The summed E-state index contributed by atoms with van der Waals surface area (Å²) in [4.78, 5) is 0. The van der Waals surface area contributed by atoms with Gasteiger partial charge >= 0.3 is 0 Å². The van der Waals surface area contributed by atoms with E-state index < -0.39 is 11.4 Å². The molecule has 3 heteroatoms. The van der Waals surface area contributed by atoms with E-state index in [0.29, 0.717) is 12.4 Å². The molecule has 0 aliphatic rings. The molecule has 1 N–H and O–H groups in total. The molecule has 0 saturated carbocycles. The van der Waals surface area contributed by atoms with Gasteiger partial charge in [-0.25, -0.2) is 4.39 Å². The molecule has 0 amide bonds. The van der Waals surface area contributed by atoms with E-state index in [4.69, 9.17) is 4.74 Å². The molecule has 0 fully saturated rings. The zero-order valence-corrected chi connectivity index (χ0v) is 11.1. The number of ether oxygens (including phenoxy) is 1. The van der Waals surface area contributed by atoms with E-state index in [1.807, 2.05) is 30.3 Å². The molecule has 0 bridgehead atoms. The maximum absolute atomic E-state index is 13.8. The summed E-state index contributed by atoms with van der Waals surface area (Å²) in [7, 11) is 0. The summed E-state index contributed by atoms with van der Waals surface area (Å²) in [6.45, 7) is 3.43. The highest BCUT2D eigenvalue weighted by Crippen LogP contribution is 2.32. The second-order valence-corrected chi connectivity index (χ2v) is 4.95. The third-order valence-electron chi connectivity index (χ3n) is 2.82. The third kappa shape index (κ3) is 3.32. The van der Waals surface area contributed by atoms with Crippen LogP contribution < -0.4 is 4.74 Å².